The molecule has 0 bridgehead atoms. The van der Waals surface area contributed by atoms with Gasteiger partial charge in [0.05, 0.1) is 5.69 Å². The number of hydrogen-bond donors (Lipinski definition) is 2. The lowest BCUT2D eigenvalue weighted by molar-refractivity contribution is 0.0692. The number of aromatic nitrogens is 1. The summed E-state index contributed by atoms with van der Waals surface area (Å²) in [5, 5.41) is 8.64. The van der Waals surface area contributed by atoms with Crippen molar-refractivity contribution in [3.63, 3.8) is 0 Å². The molecule has 13 heavy (non-hydrogen) atoms. The molecule has 0 spiro atoms. The first-order chi connectivity index (χ1) is 6.15. The minimum Gasteiger partial charge on any atom is -0.476 e. The van der Waals surface area contributed by atoms with Gasteiger partial charge in [-0.15, -0.1) is 0 Å². The van der Waals surface area contributed by atoms with Crippen molar-refractivity contribution < 1.29 is 9.90 Å². The van der Waals surface area contributed by atoms with E-state index in [1.54, 1.807) is 12.3 Å². The lowest BCUT2D eigenvalue weighted by Crippen LogP contribution is -2.06. The number of nitrogens with two attached hydrogens (primary N) is 1. The number of carboxylic acids is 1. The zero-order chi connectivity index (χ0) is 9.84. The zero-order valence-electron chi connectivity index (χ0n) is 7.45. The Balaban J connectivity index is 2.98. The molecule has 0 aliphatic heterocycles. The zero-order valence-corrected chi connectivity index (χ0v) is 7.45. The van der Waals surface area contributed by atoms with E-state index in [-0.39, 0.29) is 11.4 Å². The molecule has 1 heterocycles. The van der Waals surface area contributed by atoms with Crippen LogP contribution in [0.5, 0.6) is 0 Å². The van der Waals surface area contributed by atoms with Gasteiger partial charge in [-0.05, 0) is 18.1 Å². The summed E-state index contributed by atoms with van der Waals surface area (Å²) in [5.74, 6) is -1.08. The van der Waals surface area contributed by atoms with Gasteiger partial charge in [-0.1, -0.05) is 13.3 Å². The van der Waals surface area contributed by atoms with Crippen molar-refractivity contribution in [2.45, 2.75) is 19.8 Å². The van der Waals surface area contributed by atoms with Crippen LogP contribution in [0.25, 0.3) is 0 Å². The molecule has 0 saturated heterocycles. The lowest BCUT2D eigenvalue weighted by Gasteiger charge is -2.02. The van der Waals surface area contributed by atoms with Crippen molar-refractivity contribution in [1.82, 2.24) is 4.98 Å². The number of aryl methyl sites for hydroxylation is 1. The van der Waals surface area contributed by atoms with Gasteiger partial charge < -0.3 is 10.8 Å². The van der Waals surface area contributed by atoms with Crippen LogP contribution in [0.3, 0.4) is 0 Å². The number of nitrogen functional groups attached to an aromatic ring is 1. The van der Waals surface area contributed by atoms with Crippen LogP contribution in [0, 0.1) is 0 Å². The monoisotopic (exact) mass is 180 g/mol. The molecular weight excluding hydrogens is 168 g/mol. The molecule has 3 N–H and O–H groups in total. The summed E-state index contributed by atoms with van der Waals surface area (Å²) in [7, 11) is 0. The third-order valence-electron chi connectivity index (χ3n) is 1.72. The minimum absolute atomic E-state index is 0.0696. The summed E-state index contributed by atoms with van der Waals surface area (Å²) in [6.45, 7) is 2.04. The van der Waals surface area contributed by atoms with E-state index in [2.05, 4.69) is 4.98 Å². The third kappa shape index (κ3) is 2.18. The molecule has 70 valence electrons. The second-order valence-corrected chi connectivity index (χ2v) is 2.84. The van der Waals surface area contributed by atoms with Crippen molar-refractivity contribution in [3.8, 4) is 0 Å². The molecule has 0 saturated carbocycles. The second kappa shape index (κ2) is 3.89. The smallest absolute Gasteiger partial charge is 0.356 e. The predicted octanol–water partition coefficient (Wildman–Crippen LogP) is 1.31. The maximum Gasteiger partial charge on any atom is 0.356 e. The molecule has 1 aromatic rings. The molecule has 4 heteroatoms. The number of rotatable bonds is 3. The van der Waals surface area contributed by atoms with Crippen LogP contribution in [-0.4, -0.2) is 16.1 Å². The molecule has 0 unspecified atom stereocenters. The average molecular weight is 180 g/mol. The molecule has 0 aliphatic rings. The van der Waals surface area contributed by atoms with Crippen LogP contribution in [-0.2, 0) is 6.42 Å². The molecule has 0 fully saturated rings. The van der Waals surface area contributed by atoms with Gasteiger partial charge in [-0.2, -0.15) is 0 Å². The second-order valence-electron chi connectivity index (χ2n) is 2.84. The molecule has 4 nitrogen and oxygen atoms in total. The van der Waals surface area contributed by atoms with Gasteiger partial charge in [-0.25, -0.2) is 9.78 Å². The van der Waals surface area contributed by atoms with E-state index in [1.165, 1.54) is 0 Å². The van der Waals surface area contributed by atoms with Gasteiger partial charge in [0.1, 0.15) is 0 Å². The van der Waals surface area contributed by atoms with E-state index >= 15 is 0 Å². The van der Waals surface area contributed by atoms with E-state index in [0.29, 0.717) is 0 Å². The van der Waals surface area contributed by atoms with Crippen LogP contribution >= 0.6 is 0 Å². The number of anilines is 1. The van der Waals surface area contributed by atoms with E-state index in [4.69, 9.17) is 10.8 Å². The SMILES string of the molecule is CCCc1cnc(C(=O)O)c(N)c1. The van der Waals surface area contributed by atoms with Crippen molar-refractivity contribution in [2.24, 2.45) is 0 Å². The fourth-order valence-corrected chi connectivity index (χ4v) is 1.13. The van der Waals surface area contributed by atoms with E-state index in [0.717, 1.165) is 18.4 Å². The number of pyridine rings is 1. The topological polar surface area (TPSA) is 76.2 Å². The third-order valence-corrected chi connectivity index (χ3v) is 1.72. The van der Waals surface area contributed by atoms with E-state index < -0.39 is 5.97 Å². The van der Waals surface area contributed by atoms with Crippen molar-refractivity contribution in [3.05, 3.63) is 23.5 Å². The molecule has 0 amide bonds. The molecule has 0 radical (unpaired) electrons. The Kier molecular flexibility index (Phi) is 2.84. The Morgan fingerprint density at radius 3 is 2.85 bits per heavy atom. The summed E-state index contributed by atoms with van der Waals surface area (Å²) in [5.41, 5.74) is 6.65. The standard InChI is InChI=1S/C9H12N2O2/c1-2-3-6-4-7(10)8(9(12)13)11-5-6/h4-5H,2-3,10H2,1H3,(H,12,13). The number of aromatic carboxylic acids is 1. The van der Waals surface area contributed by atoms with Crippen LogP contribution in [0.4, 0.5) is 5.69 Å². The summed E-state index contributed by atoms with van der Waals surface area (Å²) in [6.07, 6.45) is 3.42. The summed E-state index contributed by atoms with van der Waals surface area (Å²) >= 11 is 0. The van der Waals surface area contributed by atoms with Crippen molar-refractivity contribution >= 4 is 11.7 Å². The molecule has 1 aromatic heterocycles. The first kappa shape index (κ1) is 9.51. The highest BCUT2D eigenvalue weighted by molar-refractivity contribution is 5.91. The van der Waals surface area contributed by atoms with Gasteiger partial charge in [0.2, 0.25) is 0 Å². The summed E-state index contributed by atoms with van der Waals surface area (Å²) < 4.78 is 0. The van der Waals surface area contributed by atoms with Crippen LogP contribution in [0.15, 0.2) is 12.3 Å². The average Bonchev–Trinajstić information content (AvgIpc) is 2.04. The minimum atomic E-state index is -1.08. The maximum absolute atomic E-state index is 10.5. The van der Waals surface area contributed by atoms with E-state index in [9.17, 15) is 4.79 Å². The molecular formula is C9H12N2O2. The molecule has 0 atom stereocenters. The summed E-state index contributed by atoms with van der Waals surface area (Å²) in [6, 6.07) is 1.67. The Labute approximate surface area is 76.4 Å². The largest absolute Gasteiger partial charge is 0.476 e. The number of nitrogens with zero attached hydrogens (tertiary/aromatic N) is 1. The van der Waals surface area contributed by atoms with E-state index in [1.807, 2.05) is 6.92 Å². The Morgan fingerprint density at radius 1 is 1.69 bits per heavy atom. The van der Waals surface area contributed by atoms with Gasteiger partial charge in [0, 0.05) is 6.20 Å². The van der Waals surface area contributed by atoms with Crippen molar-refractivity contribution in [2.75, 3.05) is 5.73 Å². The molecule has 0 aromatic carbocycles. The fourth-order valence-electron chi connectivity index (χ4n) is 1.13. The van der Waals surface area contributed by atoms with Gasteiger partial charge in [-0.3, -0.25) is 0 Å². The first-order valence-corrected chi connectivity index (χ1v) is 4.12. The van der Waals surface area contributed by atoms with Crippen LogP contribution < -0.4 is 5.73 Å². The van der Waals surface area contributed by atoms with Gasteiger partial charge >= 0.3 is 5.97 Å². The highest BCUT2D eigenvalue weighted by Gasteiger charge is 2.09. The van der Waals surface area contributed by atoms with Crippen LogP contribution in [0.1, 0.15) is 29.4 Å². The molecule has 0 aliphatic carbocycles. The Morgan fingerprint density at radius 2 is 2.38 bits per heavy atom. The van der Waals surface area contributed by atoms with Crippen molar-refractivity contribution in [1.29, 1.82) is 0 Å². The Bertz CT molecular complexity index is 323. The van der Waals surface area contributed by atoms with Gasteiger partial charge in [0.25, 0.3) is 0 Å². The number of carboxylic acid groups (broad SMARTS) is 1. The normalized spacial score (nSPS) is 9.92. The highest BCUT2D eigenvalue weighted by atomic mass is 16.4. The first-order valence-electron chi connectivity index (χ1n) is 4.12. The number of hydrogen-bond acceptors (Lipinski definition) is 3. The maximum atomic E-state index is 10.5. The lowest BCUT2D eigenvalue weighted by atomic mass is 10.1. The predicted molar refractivity (Wildman–Crippen MR) is 49.6 cm³/mol. The summed E-state index contributed by atoms with van der Waals surface area (Å²) in [4.78, 5) is 14.3. The fraction of sp³-hybridized carbons (Fsp3) is 0.333. The van der Waals surface area contributed by atoms with Gasteiger partial charge in [0.15, 0.2) is 5.69 Å². The van der Waals surface area contributed by atoms with Crippen LogP contribution in [0.2, 0.25) is 0 Å². The highest BCUT2D eigenvalue weighted by Crippen LogP contribution is 2.12. The number of carbonyl (C=O) groups is 1. The molecule has 1 rings (SSSR count). The quantitative estimate of drug-likeness (QED) is 0.735. The Hall–Kier alpha value is -1.58.